The second-order valence-corrected chi connectivity index (χ2v) is 8.46. The van der Waals surface area contributed by atoms with Gasteiger partial charge in [-0.05, 0) is 48.9 Å². The van der Waals surface area contributed by atoms with Crippen LogP contribution in [0.5, 0.6) is 0 Å². The fourth-order valence-electron chi connectivity index (χ4n) is 3.15. The summed E-state index contributed by atoms with van der Waals surface area (Å²) in [7, 11) is 0. The van der Waals surface area contributed by atoms with E-state index in [2.05, 4.69) is 5.32 Å². The molecule has 0 unspecified atom stereocenters. The predicted octanol–water partition coefficient (Wildman–Crippen LogP) is 6.38. The molecule has 2 aromatic carbocycles. The maximum absolute atomic E-state index is 13.0. The van der Waals surface area contributed by atoms with Gasteiger partial charge in [-0.15, -0.1) is 11.3 Å². The van der Waals surface area contributed by atoms with Crippen molar-refractivity contribution < 1.29 is 18.7 Å². The zero-order valence-electron chi connectivity index (χ0n) is 16.7. The van der Waals surface area contributed by atoms with Crippen LogP contribution in [0, 0.1) is 5.41 Å². The van der Waals surface area contributed by atoms with E-state index in [1.54, 1.807) is 54.8 Å². The fraction of sp³-hybridized carbons (Fsp3) is 0.0870. The molecule has 2 N–H and O–H groups in total. The number of nitrogens with one attached hydrogen (secondary N) is 2. The maximum atomic E-state index is 13.0. The lowest BCUT2D eigenvalue weighted by atomic mass is 10.0. The SMILES string of the molecule is CCOC(=O)c1c(-c2ccc(Cl)cc2)csc1NC(=O)c1cc2cc(Cl)ccc2oc1=N. The van der Waals surface area contributed by atoms with Gasteiger partial charge in [-0.3, -0.25) is 10.2 Å². The molecule has 6 nitrogen and oxygen atoms in total. The normalized spacial score (nSPS) is 10.8. The van der Waals surface area contributed by atoms with Gasteiger partial charge in [0, 0.05) is 26.4 Å². The van der Waals surface area contributed by atoms with E-state index in [1.165, 1.54) is 17.4 Å². The minimum atomic E-state index is -0.587. The predicted molar refractivity (Wildman–Crippen MR) is 126 cm³/mol. The van der Waals surface area contributed by atoms with Crippen LogP contribution in [-0.2, 0) is 4.74 Å². The number of amides is 1. The number of esters is 1. The summed E-state index contributed by atoms with van der Waals surface area (Å²) in [6, 6.07) is 13.4. The lowest BCUT2D eigenvalue weighted by molar-refractivity contribution is 0.0529. The van der Waals surface area contributed by atoms with Crippen LogP contribution >= 0.6 is 34.5 Å². The molecule has 0 bridgehead atoms. The highest BCUT2D eigenvalue weighted by Crippen LogP contribution is 2.37. The van der Waals surface area contributed by atoms with Crippen molar-refractivity contribution >= 4 is 62.4 Å². The smallest absolute Gasteiger partial charge is 0.341 e. The van der Waals surface area contributed by atoms with Gasteiger partial charge in [0.05, 0.1) is 6.61 Å². The quantitative estimate of drug-likeness (QED) is 0.320. The lowest BCUT2D eigenvalue weighted by Crippen LogP contribution is -2.21. The number of thiophene rings is 1. The first-order valence-electron chi connectivity index (χ1n) is 9.51. The van der Waals surface area contributed by atoms with Crippen molar-refractivity contribution in [1.29, 1.82) is 5.41 Å². The van der Waals surface area contributed by atoms with Gasteiger partial charge in [0.25, 0.3) is 5.91 Å². The topological polar surface area (TPSA) is 92.4 Å². The summed E-state index contributed by atoms with van der Waals surface area (Å²) >= 11 is 13.2. The molecular formula is C23H16Cl2N2O4S. The maximum Gasteiger partial charge on any atom is 0.341 e. The van der Waals surface area contributed by atoms with Crippen molar-refractivity contribution in [2.24, 2.45) is 0 Å². The minimum absolute atomic E-state index is 0.0102. The van der Waals surface area contributed by atoms with Crippen molar-refractivity contribution in [3.63, 3.8) is 0 Å². The molecule has 0 saturated heterocycles. The van der Waals surface area contributed by atoms with E-state index in [0.29, 0.717) is 31.6 Å². The second kappa shape index (κ2) is 9.16. The molecule has 0 aliphatic heterocycles. The first-order valence-corrected chi connectivity index (χ1v) is 11.1. The Hall–Kier alpha value is -3.13. The van der Waals surface area contributed by atoms with Crippen LogP contribution in [0.15, 0.2) is 58.3 Å². The molecule has 0 aliphatic carbocycles. The van der Waals surface area contributed by atoms with E-state index < -0.39 is 11.9 Å². The first-order chi connectivity index (χ1) is 15.4. The van der Waals surface area contributed by atoms with E-state index in [1.807, 2.05) is 0 Å². The van der Waals surface area contributed by atoms with Gasteiger partial charge in [0.15, 0.2) is 0 Å². The number of carbonyl (C=O) groups excluding carboxylic acids is 2. The van der Waals surface area contributed by atoms with Crippen molar-refractivity contribution in [3.05, 3.63) is 80.6 Å². The van der Waals surface area contributed by atoms with Gasteiger partial charge in [-0.2, -0.15) is 0 Å². The number of rotatable bonds is 5. The van der Waals surface area contributed by atoms with Crippen molar-refractivity contribution in [2.45, 2.75) is 6.92 Å². The number of carbonyl (C=O) groups is 2. The van der Waals surface area contributed by atoms with Crippen LogP contribution in [0.1, 0.15) is 27.6 Å². The Labute approximate surface area is 196 Å². The van der Waals surface area contributed by atoms with E-state index >= 15 is 0 Å². The van der Waals surface area contributed by atoms with Gasteiger partial charge in [-0.1, -0.05) is 35.3 Å². The lowest BCUT2D eigenvalue weighted by Gasteiger charge is -2.09. The van der Waals surface area contributed by atoms with Crippen molar-refractivity contribution in [2.75, 3.05) is 11.9 Å². The number of benzene rings is 2. The van der Waals surface area contributed by atoms with E-state index in [9.17, 15) is 9.59 Å². The van der Waals surface area contributed by atoms with E-state index in [-0.39, 0.29) is 23.3 Å². The summed E-state index contributed by atoms with van der Waals surface area (Å²) in [6.07, 6.45) is 0. The third-order valence-corrected chi connectivity index (χ3v) is 6.01. The van der Waals surface area contributed by atoms with E-state index in [4.69, 9.17) is 37.8 Å². The Balaban J connectivity index is 1.74. The zero-order chi connectivity index (χ0) is 22.8. The molecular weight excluding hydrogens is 471 g/mol. The van der Waals surface area contributed by atoms with Gasteiger partial charge >= 0.3 is 5.97 Å². The highest BCUT2D eigenvalue weighted by atomic mass is 35.5. The molecule has 0 atom stereocenters. The largest absolute Gasteiger partial charge is 0.462 e. The van der Waals surface area contributed by atoms with Gasteiger partial charge < -0.3 is 14.5 Å². The Morgan fingerprint density at radius 3 is 2.53 bits per heavy atom. The van der Waals surface area contributed by atoms with Crippen LogP contribution in [0.4, 0.5) is 5.00 Å². The summed E-state index contributed by atoms with van der Waals surface area (Å²) < 4.78 is 10.7. The molecule has 4 aromatic rings. The molecule has 2 heterocycles. The number of halogens is 2. The minimum Gasteiger partial charge on any atom is -0.462 e. The number of fused-ring (bicyclic) bond motifs is 1. The highest BCUT2D eigenvalue weighted by molar-refractivity contribution is 7.15. The summed E-state index contributed by atoms with van der Waals surface area (Å²) in [6.45, 7) is 1.89. The van der Waals surface area contributed by atoms with Gasteiger partial charge in [-0.25, -0.2) is 4.79 Å². The average Bonchev–Trinajstić information content (AvgIpc) is 3.17. The molecule has 0 fully saturated rings. The Kier molecular flexibility index (Phi) is 6.32. The Morgan fingerprint density at radius 1 is 1.09 bits per heavy atom. The van der Waals surface area contributed by atoms with Crippen LogP contribution in [-0.4, -0.2) is 18.5 Å². The molecule has 9 heteroatoms. The summed E-state index contributed by atoms with van der Waals surface area (Å²) in [4.78, 5) is 25.7. The van der Waals surface area contributed by atoms with Crippen LogP contribution in [0.3, 0.4) is 0 Å². The number of hydrogen-bond acceptors (Lipinski definition) is 6. The monoisotopic (exact) mass is 486 g/mol. The molecule has 2 aromatic heterocycles. The van der Waals surface area contributed by atoms with Crippen molar-refractivity contribution in [3.8, 4) is 11.1 Å². The van der Waals surface area contributed by atoms with Crippen LogP contribution in [0.25, 0.3) is 22.1 Å². The van der Waals surface area contributed by atoms with Gasteiger partial charge in [0.1, 0.15) is 21.7 Å². The molecule has 162 valence electrons. The molecule has 0 spiro atoms. The molecule has 1 amide bonds. The zero-order valence-corrected chi connectivity index (χ0v) is 19.0. The number of hydrogen-bond donors (Lipinski definition) is 2. The average molecular weight is 487 g/mol. The fourth-order valence-corrected chi connectivity index (χ4v) is 4.41. The third-order valence-electron chi connectivity index (χ3n) is 4.63. The van der Waals surface area contributed by atoms with Crippen LogP contribution < -0.4 is 10.9 Å². The summed E-state index contributed by atoms with van der Waals surface area (Å²) in [5, 5.41) is 14.5. The van der Waals surface area contributed by atoms with Crippen molar-refractivity contribution in [1.82, 2.24) is 0 Å². The molecule has 32 heavy (non-hydrogen) atoms. The second-order valence-electron chi connectivity index (χ2n) is 6.71. The molecule has 0 radical (unpaired) electrons. The number of ether oxygens (including phenoxy) is 1. The first kappa shape index (κ1) is 22.1. The summed E-state index contributed by atoms with van der Waals surface area (Å²) in [5.41, 5.74) is 1.75. The standard InChI is InChI=1S/C23H16Cl2N2O4S/c1-2-30-23(29)19-17(12-3-5-14(24)6-4-12)11-32-22(19)27-21(28)16-10-13-9-15(25)7-8-18(13)31-20(16)26/h3-11,26H,2H2,1H3,(H,27,28). The Morgan fingerprint density at radius 2 is 1.81 bits per heavy atom. The Bertz CT molecular complexity index is 1390. The van der Waals surface area contributed by atoms with E-state index in [0.717, 1.165) is 5.56 Å². The third kappa shape index (κ3) is 4.41. The molecule has 0 saturated carbocycles. The summed E-state index contributed by atoms with van der Waals surface area (Å²) in [5.74, 6) is -1.15. The molecule has 0 aliphatic rings. The van der Waals surface area contributed by atoms with Crippen LogP contribution in [0.2, 0.25) is 10.0 Å². The molecule has 4 rings (SSSR count). The highest BCUT2D eigenvalue weighted by Gasteiger charge is 2.24. The van der Waals surface area contributed by atoms with Gasteiger partial charge in [0.2, 0.25) is 5.55 Å². The number of anilines is 1.